The van der Waals surface area contributed by atoms with Gasteiger partial charge in [-0.2, -0.15) is 0 Å². The van der Waals surface area contributed by atoms with Gasteiger partial charge >= 0.3 is 0 Å². The molecule has 2 aromatic rings. The predicted octanol–water partition coefficient (Wildman–Crippen LogP) is 4.00. The number of anilines is 1. The van der Waals surface area contributed by atoms with Crippen LogP contribution in [0.25, 0.3) is 0 Å². The normalized spacial score (nSPS) is 12.1. The van der Waals surface area contributed by atoms with Crippen molar-refractivity contribution in [2.75, 3.05) is 23.7 Å². The molecule has 0 aliphatic rings. The van der Waals surface area contributed by atoms with E-state index in [0.29, 0.717) is 23.7 Å². The van der Waals surface area contributed by atoms with Crippen molar-refractivity contribution >= 4 is 39.1 Å². The van der Waals surface area contributed by atoms with Gasteiger partial charge in [0.25, 0.3) is 0 Å². The lowest BCUT2D eigenvalue weighted by Crippen LogP contribution is -2.51. The van der Waals surface area contributed by atoms with E-state index in [1.807, 2.05) is 32.0 Å². The van der Waals surface area contributed by atoms with Crippen LogP contribution in [0.3, 0.4) is 0 Å². The number of sulfonamides is 1. The summed E-state index contributed by atoms with van der Waals surface area (Å²) in [5.74, 6) is -0.766. The average molecular weight is 508 g/mol. The van der Waals surface area contributed by atoms with Crippen LogP contribution in [0, 0.1) is 0 Å². The van der Waals surface area contributed by atoms with Crippen molar-refractivity contribution in [3.8, 4) is 0 Å². The summed E-state index contributed by atoms with van der Waals surface area (Å²) in [6, 6.07) is 13.3. The van der Waals surface area contributed by atoms with Crippen LogP contribution in [0.4, 0.5) is 5.69 Å². The number of nitrogens with zero attached hydrogens (tertiary/aromatic N) is 2. The summed E-state index contributed by atoms with van der Waals surface area (Å²) in [7, 11) is -3.76. The molecule has 0 radical (unpaired) electrons. The first kappa shape index (κ1) is 27.7. The zero-order valence-corrected chi connectivity index (χ0v) is 21.8. The number of benzene rings is 2. The first-order valence-corrected chi connectivity index (χ1v) is 13.7. The minimum Gasteiger partial charge on any atom is -0.354 e. The molecule has 0 aliphatic heterocycles. The Balaban J connectivity index is 2.38. The fourth-order valence-electron chi connectivity index (χ4n) is 3.60. The average Bonchev–Trinajstić information content (AvgIpc) is 2.79. The number of rotatable bonds is 12. The molecular formula is C25H34ClN3O4S. The highest BCUT2D eigenvalue weighted by Crippen LogP contribution is 2.24. The second-order valence-electron chi connectivity index (χ2n) is 8.22. The third-order valence-electron chi connectivity index (χ3n) is 5.56. The number of unbranched alkanes of at least 4 members (excludes halogenated alkanes) is 1. The van der Waals surface area contributed by atoms with Crippen LogP contribution in [-0.4, -0.2) is 50.5 Å². The van der Waals surface area contributed by atoms with Crippen LogP contribution in [0.1, 0.15) is 44.7 Å². The molecule has 0 bridgehead atoms. The maximum absolute atomic E-state index is 13.5. The van der Waals surface area contributed by atoms with Crippen LogP contribution in [0.5, 0.6) is 0 Å². The van der Waals surface area contributed by atoms with Crippen molar-refractivity contribution < 1.29 is 18.0 Å². The number of hydrogen-bond donors (Lipinski definition) is 1. The molecule has 0 saturated carbocycles. The fraction of sp³-hybridized carbons (Fsp3) is 0.440. The summed E-state index contributed by atoms with van der Waals surface area (Å²) in [6.45, 7) is 5.82. The lowest BCUT2D eigenvalue weighted by Gasteiger charge is -2.32. The van der Waals surface area contributed by atoms with E-state index in [2.05, 4.69) is 5.32 Å². The van der Waals surface area contributed by atoms with E-state index in [1.165, 1.54) is 4.90 Å². The molecule has 2 rings (SSSR count). The zero-order valence-electron chi connectivity index (χ0n) is 20.3. The Morgan fingerprint density at radius 3 is 2.41 bits per heavy atom. The minimum atomic E-state index is -3.76. The standard InChI is InChI=1S/C25H34ClN3O4S/c1-5-7-15-27-25(31)19(3)28(17-20-11-10-13-22(26)16-20)24(30)18-29(34(4,32)33)23-14-9-8-12-21(23)6-2/h8-14,16,19H,5-7,15,17-18H2,1-4H3,(H,27,31)/t19-/m0/s1. The summed E-state index contributed by atoms with van der Waals surface area (Å²) in [5, 5.41) is 3.37. The molecule has 2 aromatic carbocycles. The molecule has 1 atom stereocenters. The van der Waals surface area contributed by atoms with Crippen molar-refractivity contribution in [3.63, 3.8) is 0 Å². The molecule has 0 aliphatic carbocycles. The number of para-hydroxylation sites is 1. The van der Waals surface area contributed by atoms with Crippen molar-refractivity contribution in [1.82, 2.24) is 10.2 Å². The van der Waals surface area contributed by atoms with Crippen molar-refractivity contribution in [1.29, 1.82) is 0 Å². The molecule has 34 heavy (non-hydrogen) atoms. The van der Waals surface area contributed by atoms with Gasteiger partial charge in [0.05, 0.1) is 11.9 Å². The van der Waals surface area contributed by atoms with Crippen LogP contribution in [0.2, 0.25) is 5.02 Å². The fourth-order valence-corrected chi connectivity index (χ4v) is 4.69. The van der Waals surface area contributed by atoms with E-state index in [4.69, 9.17) is 11.6 Å². The Kier molecular flexibility index (Phi) is 10.4. The molecule has 2 amide bonds. The molecule has 9 heteroatoms. The number of aryl methyl sites for hydroxylation is 1. The summed E-state index contributed by atoms with van der Waals surface area (Å²) < 4.78 is 26.5. The Labute approximate surface area is 208 Å². The highest BCUT2D eigenvalue weighted by Gasteiger charge is 2.30. The van der Waals surface area contributed by atoms with E-state index in [-0.39, 0.29) is 12.5 Å². The van der Waals surface area contributed by atoms with E-state index in [9.17, 15) is 18.0 Å². The number of hydrogen-bond acceptors (Lipinski definition) is 4. The summed E-state index contributed by atoms with van der Waals surface area (Å²) in [5.41, 5.74) is 2.02. The number of halogens is 1. The third-order valence-corrected chi connectivity index (χ3v) is 6.92. The lowest BCUT2D eigenvalue weighted by molar-refractivity contribution is -0.139. The molecule has 0 spiro atoms. The molecule has 1 N–H and O–H groups in total. The Morgan fingerprint density at radius 1 is 1.09 bits per heavy atom. The smallest absolute Gasteiger partial charge is 0.244 e. The highest BCUT2D eigenvalue weighted by molar-refractivity contribution is 7.92. The van der Waals surface area contributed by atoms with Gasteiger partial charge in [-0.3, -0.25) is 13.9 Å². The van der Waals surface area contributed by atoms with Crippen molar-refractivity contribution in [2.45, 2.75) is 52.6 Å². The molecule has 0 aromatic heterocycles. The van der Waals surface area contributed by atoms with E-state index in [1.54, 1.807) is 37.3 Å². The molecule has 0 saturated heterocycles. The van der Waals surface area contributed by atoms with Crippen LogP contribution < -0.4 is 9.62 Å². The minimum absolute atomic E-state index is 0.120. The molecular weight excluding hydrogens is 474 g/mol. The van der Waals surface area contributed by atoms with Crippen molar-refractivity contribution in [3.05, 3.63) is 64.7 Å². The van der Waals surface area contributed by atoms with Gasteiger partial charge in [0.1, 0.15) is 12.6 Å². The van der Waals surface area contributed by atoms with Crippen LogP contribution in [0.15, 0.2) is 48.5 Å². The molecule has 186 valence electrons. The van der Waals surface area contributed by atoms with Crippen LogP contribution in [-0.2, 0) is 32.6 Å². The molecule has 0 fully saturated rings. The summed E-state index contributed by atoms with van der Waals surface area (Å²) >= 11 is 6.12. The number of amides is 2. The second kappa shape index (κ2) is 12.8. The molecule has 7 nitrogen and oxygen atoms in total. The van der Waals surface area contributed by atoms with Gasteiger partial charge in [-0.25, -0.2) is 8.42 Å². The number of carbonyl (C=O) groups is 2. The van der Waals surface area contributed by atoms with Gasteiger partial charge in [-0.05, 0) is 49.1 Å². The molecule has 0 heterocycles. The van der Waals surface area contributed by atoms with Crippen LogP contribution >= 0.6 is 11.6 Å². The zero-order chi connectivity index (χ0) is 25.3. The maximum atomic E-state index is 13.5. The van der Waals surface area contributed by atoms with Gasteiger partial charge in [-0.15, -0.1) is 0 Å². The number of nitrogens with one attached hydrogen (secondary N) is 1. The Morgan fingerprint density at radius 2 is 1.79 bits per heavy atom. The summed E-state index contributed by atoms with van der Waals surface area (Å²) in [6.07, 6.45) is 3.45. The maximum Gasteiger partial charge on any atom is 0.244 e. The first-order chi connectivity index (χ1) is 16.1. The van der Waals surface area contributed by atoms with Gasteiger partial charge in [0.15, 0.2) is 0 Å². The van der Waals surface area contributed by atoms with Crippen molar-refractivity contribution in [2.24, 2.45) is 0 Å². The monoisotopic (exact) mass is 507 g/mol. The van der Waals surface area contributed by atoms with Gasteiger partial charge in [-0.1, -0.05) is 62.2 Å². The largest absolute Gasteiger partial charge is 0.354 e. The van der Waals surface area contributed by atoms with E-state index in [0.717, 1.165) is 34.5 Å². The van der Waals surface area contributed by atoms with Gasteiger partial charge < -0.3 is 10.2 Å². The lowest BCUT2D eigenvalue weighted by atomic mass is 10.1. The Bertz CT molecular complexity index is 1090. The molecule has 0 unspecified atom stereocenters. The third kappa shape index (κ3) is 7.74. The van der Waals surface area contributed by atoms with Gasteiger partial charge in [0, 0.05) is 18.1 Å². The topological polar surface area (TPSA) is 86.8 Å². The first-order valence-electron chi connectivity index (χ1n) is 11.5. The van der Waals surface area contributed by atoms with E-state index < -0.39 is 28.5 Å². The van der Waals surface area contributed by atoms with E-state index >= 15 is 0 Å². The van der Waals surface area contributed by atoms with Gasteiger partial charge in [0.2, 0.25) is 21.8 Å². The highest BCUT2D eigenvalue weighted by atomic mass is 35.5. The second-order valence-corrected chi connectivity index (χ2v) is 10.6. The Hall–Kier alpha value is -2.58. The quantitative estimate of drug-likeness (QED) is 0.440. The summed E-state index contributed by atoms with van der Waals surface area (Å²) in [4.78, 5) is 27.8. The predicted molar refractivity (Wildman–Crippen MR) is 137 cm³/mol. The number of carbonyl (C=O) groups excluding carboxylic acids is 2. The SMILES string of the molecule is CCCCNC(=O)[C@H](C)N(Cc1cccc(Cl)c1)C(=O)CN(c1ccccc1CC)S(C)(=O)=O.